The summed E-state index contributed by atoms with van der Waals surface area (Å²) in [6, 6.07) is 1.65. The lowest BCUT2D eigenvalue weighted by Crippen LogP contribution is -2.57. The van der Waals surface area contributed by atoms with Gasteiger partial charge >= 0.3 is 6.18 Å². The summed E-state index contributed by atoms with van der Waals surface area (Å²) >= 11 is 0. The molecular weight excluding hydrogens is 679 g/mol. The number of alkyl halides is 3. The van der Waals surface area contributed by atoms with Crippen molar-refractivity contribution in [2.45, 2.75) is 112 Å². The number of hydrogen-bond donors (Lipinski definition) is 2. The molecule has 12 nitrogen and oxygen atoms in total. The highest BCUT2D eigenvalue weighted by Crippen LogP contribution is 2.50. The lowest BCUT2D eigenvalue weighted by Gasteiger charge is -2.36. The van der Waals surface area contributed by atoms with Crippen LogP contribution in [0.4, 0.5) is 13.2 Å². The Morgan fingerprint density at radius 3 is 2.56 bits per heavy atom. The molecule has 2 N–H and O–H groups in total. The number of ether oxygens (including phenoxy) is 2. The number of aromatic nitrogens is 2. The van der Waals surface area contributed by atoms with Crippen LogP contribution in [0.15, 0.2) is 24.3 Å². The molecule has 270 valence electrons. The van der Waals surface area contributed by atoms with Crippen LogP contribution in [-0.2, 0) is 37.0 Å². The van der Waals surface area contributed by atoms with Gasteiger partial charge in [0.25, 0.3) is 5.91 Å². The van der Waals surface area contributed by atoms with Crippen molar-refractivity contribution in [2.75, 3.05) is 13.7 Å². The van der Waals surface area contributed by atoms with E-state index in [1.165, 1.54) is 24.1 Å². The van der Waals surface area contributed by atoms with E-state index in [-0.39, 0.29) is 67.0 Å². The van der Waals surface area contributed by atoms with Crippen LogP contribution in [0.1, 0.15) is 88.8 Å². The van der Waals surface area contributed by atoms with Crippen LogP contribution in [0.3, 0.4) is 0 Å². The fourth-order valence-corrected chi connectivity index (χ4v) is 8.81. The number of rotatable bonds is 4. The van der Waals surface area contributed by atoms with Crippen molar-refractivity contribution in [2.24, 2.45) is 5.92 Å². The lowest BCUT2D eigenvalue weighted by atomic mass is 9.87. The molecule has 2 saturated carbocycles. The number of nitrogens with zero attached hydrogens (tertiary/aromatic N) is 3. The second-order valence-electron chi connectivity index (χ2n) is 14.6. The second kappa shape index (κ2) is 12.1. The van der Waals surface area contributed by atoms with Gasteiger partial charge in [0.05, 0.1) is 29.4 Å². The summed E-state index contributed by atoms with van der Waals surface area (Å²) in [5.41, 5.74) is -3.71. The fourth-order valence-electron chi connectivity index (χ4n) is 7.50. The first-order chi connectivity index (χ1) is 23.6. The van der Waals surface area contributed by atoms with Gasteiger partial charge in [-0.05, 0) is 64.4 Å². The zero-order valence-electron chi connectivity index (χ0n) is 27.9. The first-order valence-electron chi connectivity index (χ1n) is 17.1. The highest BCUT2D eigenvalue weighted by atomic mass is 32.2. The molecule has 2 aliphatic carbocycles. The number of amides is 3. The smallest absolute Gasteiger partial charge is 0.437 e. The molecule has 1 saturated heterocycles. The van der Waals surface area contributed by atoms with Gasteiger partial charge < -0.3 is 19.7 Å². The number of methoxy groups -OCH3 is 1. The molecule has 50 heavy (non-hydrogen) atoms. The third-order valence-electron chi connectivity index (χ3n) is 11.0. The predicted molar refractivity (Wildman–Crippen MR) is 173 cm³/mol. The van der Waals surface area contributed by atoms with Gasteiger partial charge in [-0.1, -0.05) is 25.0 Å². The first kappa shape index (κ1) is 34.5. The molecule has 0 aromatic carbocycles. The van der Waals surface area contributed by atoms with Gasteiger partial charge in [-0.15, -0.1) is 0 Å². The highest BCUT2D eigenvalue weighted by Gasteiger charge is 2.64. The SMILES string of the molecule is COc1ccc2nc(C(F)(F)F)c3c(c2n1)CCC1(CC2C(=O)NC4(C(=O)NS(=O)(=O)C5(C)CC5)CC4C=CCCCCCCC(=O)N2C1)O3. The summed E-state index contributed by atoms with van der Waals surface area (Å²) in [6.07, 6.45) is 3.90. The third-order valence-corrected chi connectivity index (χ3v) is 13.1. The Morgan fingerprint density at radius 2 is 1.84 bits per heavy atom. The molecule has 3 aliphatic heterocycles. The molecule has 0 radical (unpaired) electrons. The molecule has 2 aromatic rings. The maximum Gasteiger partial charge on any atom is 0.437 e. The maximum absolute atomic E-state index is 14.5. The molecule has 1 spiro atoms. The van der Waals surface area contributed by atoms with E-state index in [1.807, 2.05) is 12.2 Å². The highest BCUT2D eigenvalue weighted by molar-refractivity contribution is 7.91. The van der Waals surface area contributed by atoms with Crippen molar-refractivity contribution in [3.8, 4) is 11.6 Å². The molecule has 2 aromatic heterocycles. The Bertz CT molecular complexity index is 1900. The molecule has 16 heteroatoms. The number of halogens is 3. The molecule has 4 unspecified atom stereocenters. The maximum atomic E-state index is 14.5. The molecule has 5 aliphatic rings. The molecule has 3 fully saturated rings. The van der Waals surface area contributed by atoms with Crippen LogP contribution in [0.5, 0.6) is 11.6 Å². The molecule has 0 bridgehead atoms. The van der Waals surface area contributed by atoms with Crippen LogP contribution in [-0.4, -0.2) is 76.6 Å². The molecule has 4 atom stereocenters. The fraction of sp³-hybridized carbons (Fsp3) is 0.618. The van der Waals surface area contributed by atoms with E-state index < -0.39 is 67.3 Å². The van der Waals surface area contributed by atoms with Gasteiger partial charge in [0.2, 0.25) is 27.7 Å². The number of aryl methyl sites for hydroxylation is 1. The number of allylic oxidation sites excluding steroid dienone is 1. The lowest BCUT2D eigenvalue weighted by molar-refractivity contribution is -0.144. The molecular formula is C34H40F3N5O7S. The zero-order chi connectivity index (χ0) is 35.7. The third kappa shape index (κ3) is 6.06. The summed E-state index contributed by atoms with van der Waals surface area (Å²) in [5, 5.41) is 2.80. The van der Waals surface area contributed by atoms with Crippen molar-refractivity contribution < 1.29 is 45.4 Å². The summed E-state index contributed by atoms with van der Waals surface area (Å²) in [7, 11) is -2.62. The predicted octanol–water partition coefficient (Wildman–Crippen LogP) is 4.11. The van der Waals surface area contributed by atoms with E-state index >= 15 is 0 Å². The number of carbonyl (C=O) groups is 3. The summed E-state index contributed by atoms with van der Waals surface area (Å²) < 4.78 is 82.1. The Kier molecular flexibility index (Phi) is 8.34. The van der Waals surface area contributed by atoms with Crippen molar-refractivity contribution in [1.29, 1.82) is 0 Å². The van der Waals surface area contributed by atoms with Crippen molar-refractivity contribution in [3.63, 3.8) is 0 Å². The number of pyridine rings is 2. The molecule has 5 heterocycles. The molecule has 7 rings (SSSR count). The Morgan fingerprint density at radius 1 is 1.08 bits per heavy atom. The summed E-state index contributed by atoms with van der Waals surface area (Å²) in [5.74, 6) is -2.66. The normalized spacial score (nSPS) is 29.5. The van der Waals surface area contributed by atoms with E-state index in [2.05, 4.69) is 20.0 Å². The van der Waals surface area contributed by atoms with E-state index in [4.69, 9.17) is 9.47 Å². The first-order valence-corrected chi connectivity index (χ1v) is 18.6. The monoisotopic (exact) mass is 719 g/mol. The van der Waals surface area contributed by atoms with Crippen LogP contribution in [0, 0.1) is 5.92 Å². The minimum Gasteiger partial charge on any atom is -0.483 e. The van der Waals surface area contributed by atoms with E-state index in [0.29, 0.717) is 19.3 Å². The van der Waals surface area contributed by atoms with E-state index in [0.717, 1.165) is 25.7 Å². The van der Waals surface area contributed by atoms with Gasteiger partial charge in [0.15, 0.2) is 11.4 Å². The van der Waals surface area contributed by atoms with Crippen molar-refractivity contribution in [1.82, 2.24) is 24.9 Å². The van der Waals surface area contributed by atoms with Crippen molar-refractivity contribution >= 4 is 38.8 Å². The number of nitrogens with one attached hydrogen (secondary N) is 2. The summed E-state index contributed by atoms with van der Waals surface area (Å²) in [6.45, 7) is 1.40. The van der Waals surface area contributed by atoms with Gasteiger partial charge in [-0.25, -0.2) is 18.4 Å². The van der Waals surface area contributed by atoms with E-state index in [9.17, 15) is 36.0 Å². The number of carbonyl (C=O) groups excluding carboxylic acids is 3. The van der Waals surface area contributed by atoms with Gasteiger partial charge in [0, 0.05) is 30.4 Å². The minimum absolute atomic E-state index is 0.0272. The molecule has 3 amide bonds. The standard InChI is InChI=1S/C34H40F3N5O7S/c1-31(15-16-31)50(46,47)41-30(45)33-17-20(33)9-7-5-3-4-6-8-10-25(43)42-19-32(18-23(42)29(44)40-33)14-13-21-26-22(11-12-24(39-26)48-2)38-28(27(21)49-32)34(35,36)37/h7,9,11-12,20,23H,3-6,8,10,13-19H2,1-2H3,(H,40,44)(H,41,45). The van der Waals surface area contributed by atoms with Gasteiger partial charge in [-0.3, -0.25) is 19.1 Å². The van der Waals surface area contributed by atoms with Gasteiger partial charge in [-0.2, -0.15) is 13.2 Å². The average Bonchev–Trinajstić information content (AvgIpc) is 3.95. The second-order valence-corrected chi connectivity index (χ2v) is 16.7. The van der Waals surface area contributed by atoms with Crippen LogP contribution >= 0.6 is 0 Å². The van der Waals surface area contributed by atoms with Gasteiger partial charge in [0.1, 0.15) is 17.2 Å². The van der Waals surface area contributed by atoms with Crippen LogP contribution < -0.4 is 19.5 Å². The van der Waals surface area contributed by atoms with E-state index in [1.54, 1.807) is 6.92 Å². The number of sulfonamides is 1. The Hall–Kier alpha value is -3.95. The topological polar surface area (TPSA) is 157 Å². The summed E-state index contributed by atoms with van der Waals surface area (Å²) in [4.78, 5) is 51.2. The van der Waals surface area contributed by atoms with Crippen LogP contribution in [0.2, 0.25) is 0 Å². The quantitative estimate of drug-likeness (QED) is 0.444. The average molecular weight is 720 g/mol. The zero-order valence-corrected chi connectivity index (χ0v) is 28.7. The Balaban J connectivity index is 1.23. The van der Waals surface area contributed by atoms with Crippen molar-refractivity contribution in [3.05, 3.63) is 35.5 Å². The largest absolute Gasteiger partial charge is 0.483 e. The Labute approximate surface area is 287 Å². The number of hydrogen-bond acceptors (Lipinski definition) is 9. The van der Waals surface area contributed by atoms with Crippen LogP contribution in [0.25, 0.3) is 11.0 Å². The minimum atomic E-state index is -4.88. The number of fused-ring (bicyclic) bond motifs is 5.